The van der Waals surface area contributed by atoms with E-state index in [-0.39, 0.29) is 24.5 Å². The summed E-state index contributed by atoms with van der Waals surface area (Å²) in [5.41, 5.74) is -1.37. The number of benzene rings is 1. The Balaban J connectivity index is 1.46. The molecular weight excluding hydrogens is 556 g/mol. The zero-order valence-corrected chi connectivity index (χ0v) is 22.1. The van der Waals surface area contributed by atoms with E-state index in [0.717, 1.165) is 0 Å². The molecule has 3 saturated heterocycles. The van der Waals surface area contributed by atoms with Crippen molar-refractivity contribution < 1.29 is 79.5 Å². The van der Waals surface area contributed by atoms with E-state index in [1.807, 2.05) is 0 Å². The Bertz CT molecular complexity index is 998. The summed E-state index contributed by atoms with van der Waals surface area (Å²) in [5, 5.41) is 101. The third-order valence-corrected chi connectivity index (χ3v) is 7.46. The fourth-order valence-electron chi connectivity index (χ4n) is 4.76. The molecule has 0 radical (unpaired) electrons. The van der Waals surface area contributed by atoms with Gasteiger partial charge in [-0.1, -0.05) is 6.07 Å². The van der Waals surface area contributed by atoms with Crippen molar-refractivity contribution in [1.82, 2.24) is 0 Å². The van der Waals surface area contributed by atoms with E-state index in [0.29, 0.717) is 5.56 Å². The lowest BCUT2D eigenvalue weighted by molar-refractivity contribution is -0.359. The highest BCUT2D eigenvalue weighted by Gasteiger charge is 2.52. The molecule has 0 spiro atoms. The third kappa shape index (κ3) is 6.92. The maximum Gasteiger partial charge on any atom is 0.187 e. The molecule has 1 aromatic carbocycles. The number of aromatic hydroxyl groups is 2. The predicted octanol–water partition coefficient (Wildman–Crippen LogP) is -4.23. The smallest absolute Gasteiger partial charge is 0.187 e. The van der Waals surface area contributed by atoms with Crippen LogP contribution in [0.1, 0.15) is 12.5 Å². The highest BCUT2D eigenvalue weighted by molar-refractivity contribution is 5.40. The standard InChI is InChI=1S/C25H38O16/c1-10-15(29)17(31)18(32)23(39-10)41-20-16(30)14(7-37-24-21(34)25(35,8-26)9-38-24)40-22(19(20)33)36-5-4-11-2-3-12(27)13(28)6-11/h2-3,6,10,14-24,26-35H,4-5,7-9H2,1H3/t10-,14+,15-,16+,17+,18+,19+,20-,21-,22+,23-,24+,25+/m0/s1. The molecule has 4 rings (SSSR count). The van der Waals surface area contributed by atoms with Crippen molar-refractivity contribution in [3.63, 3.8) is 0 Å². The van der Waals surface area contributed by atoms with Gasteiger partial charge in [0.15, 0.2) is 30.4 Å². The van der Waals surface area contributed by atoms with Gasteiger partial charge in [-0.25, -0.2) is 0 Å². The molecule has 3 heterocycles. The summed E-state index contributed by atoms with van der Waals surface area (Å²) in [6.45, 7) is -0.335. The van der Waals surface area contributed by atoms with Crippen molar-refractivity contribution in [2.45, 2.75) is 92.8 Å². The zero-order valence-electron chi connectivity index (χ0n) is 22.1. The van der Waals surface area contributed by atoms with Gasteiger partial charge in [0.05, 0.1) is 32.5 Å². The second-order valence-corrected chi connectivity index (χ2v) is 10.5. The summed E-state index contributed by atoms with van der Waals surface area (Å²) in [6, 6.07) is 4.17. The molecule has 10 N–H and O–H groups in total. The van der Waals surface area contributed by atoms with Gasteiger partial charge in [-0.3, -0.25) is 0 Å². The molecule has 1 aromatic rings. The van der Waals surface area contributed by atoms with Crippen molar-refractivity contribution in [2.24, 2.45) is 0 Å². The van der Waals surface area contributed by atoms with Crippen LogP contribution in [0.5, 0.6) is 11.5 Å². The molecule has 3 aliphatic rings. The minimum absolute atomic E-state index is 0.0686. The second-order valence-electron chi connectivity index (χ2n) is 10.5. The van der Waals surface area contributed by atoms with E-state index < -0.39 is 99.2 Å². The van der Waals surface area contributed by atoms with Crippen LogP contribution in [0.4, 0.5) is 0 Å². The number of aliphatic hydroxyl groups is 8. The molecule has 0 amide bonds. The van der Waals surface area contributed by atoms with Crippen molar-refractivity contribution in [1.29, 1.82) is 0 Å². The average Bonchev–Trinajstić information content (AvgIpc) is 3.24. The Morgan fingerprint density at radius 2 is 1.59 bits per heavy atom. The van der Waals surface area contributed by atoms with Crippen molar-refractivity contribution in [2.75, 3.05) is 26.4 Å². The first-order chi connectivity index (χ1) is 19.4. The maximum absolute atomic E-state index is 11.0. The van der Waals surface area contributed by atoms with E-state index in [1.165, 1.54) is 19.1 Å². The van der Waals surface area contributed by atoms with Crippen LogP contribution in [0, 0.1) is 0 Å². The second kappa shape index (κ2) is 13.3. The monoisotopic (exact) mass is 594 g/mol. The van der Waals surface area contributed by atoms with Gasteiger partial charge in [0.1, 0.15) is 54.4 Å². The Morgan fingerprint density at radius 1 is 0.854 bits per heavy atom. The molecule has 41 heavy (non-hydrogen) atoms. The first-order valence-corrected chi connectivity index (χ1v) is 13.1. The van der Waals surface area contributed by atoms with Gasteiger partial charge in [0.2, 0.25) is 0 Å². The van der Waals surface area contributed by atoms with Gasteiger partial charge in [0, 0.05) is 0 Å². The third-order valence-electron chi connectivity index (χ3n) is 7.46. The fourth-order valence-corrected chi connectivity index (χ4v) is 4.76. The van der Waals surface area contributed by atoms with Crippen LogP contribution < -0.4 is 0 Å². The SMILES string of the molecule is C[C@@H]1O[C@@H](O[C@@H]2[C@@H](O)[C@H](OCCc3ccc(O)c(O)c3)O[C@H](CO[C@@H]3OC[C@](O)(CO)[C@H]3O)[C@H]2O)[C@H](O)[C@H](O)[C@H]1O. The Hall–Kier alpha value is -1.74. The molecule has 3 aliphatic heterocycles. The van der Waals surface area contributed by atoms with E-state index in [1.54, 1.807) is 6.07 Å². The molecule has 13 atom stereocenters. The van der Waals surface area contributed by atoms with Gasteiger partial charge in [-0.05, 0) is 31.0 Å². The Morgan fingerprint density at radius 3 is 2.24 bits per heavy atom. The summed E-state index contributed by atoms with van der Waals surface area (Å²) < 4.78 is 33.2. The number of phenols is 2. The molecule has 0 aromatic heterocycles. The predicted molar refractivity (Wildman–Crippen MR) is 131 cm³/mol. The first-order valence-electron chi connectivity index (χ1n) is 13.1. The van der Waals surface area contributed by atoms with E-state index in [4.69, 9.17) is 28.4 Å². The quantitative estimate of drug-likeness (QED) is 0.115. The van der Waals surface area contributed by atoms with E-state index in [2.05, 4.69) is 0 Å². The molecule has 0 bridgehead atoms. The van der Waals surface area contributed by atoms with Crippen LogP contribution in [0.2, 0.25) is 0 Å². The number of hydrogen-bond donors (Lipinski definition) is 10. The summed E-state index contributed by atoms with van der Waals surface area (Å²) in [5.74, 6) is -0.632. The number of hydrogen-bond acceptors (Lipinski definition) is 16. The van der Waals surface area contributed by atoms with Crippen LogP contribution >= 0.6 is 0 Å². The minimum Gasteiger partial charge on any atom is -0.504 e. The largest absolute Gasteiger partial charge is 0.504 e. The summed E-state index contributed by atoms with van der Waals surface area (Å²) in [7, 11) is 0. The van der Waals surface area contributed by atoms with Crippen LogP contribution in [0.15, 0.2) is 18.2 Å². The van der Waals surface area contributed by atoms with Gasteiger partial charge in [0.25, 0.3) is 0 Å². The lowest BCUT2D eigenvalue weighted by Crippen LogP contribution is -2.64. The van der Waals surface area contributed by atoms with Crippen molar-refractivity contribution >= 4 is 0 Å². The van der Waals surface area contributed by atoms with Crippen LogP contribution in [-0.4, -0.2) is 157 Å². The first kappa shape index (κ1) is 32.2. The molecular formula is C25H38O16. The summed E-state index contributed by atoms with van der Waals surface area (Å²) in [6.07, 6.45) is -17.7. The Labute approximate surface area is 234 Å². The molecule has 234 valence electrons. The average molecular weight is 595 g/mol. The van der Waals surface area contributed by atoms with Crippen molar-refractivity contribution in [3.8, 4) is 11.5 Å². The van der Waals surface area contributed by atoms with Crippen LogP contribution in [-0.2, 0) is 34.8 Å². The van der Waals surface area contributed by atoms with E-state index in [9.17, 15) is 51.1 Å². The van der Waals surface area contributed by atoms with Crippen molar-refractivity contribution in [3.05, 3.63) is 23.8 Å². The topological polar surface area (TPSA) is 258 Å². The molecule has 16 heteroatoms. The fraction of sp³-hybridized carbons (Fsp3) is 0.760. The van der Waals surface area contributed by atoms with Gasteiger partial charge in [-0.2, -0.15) is 0 Å². The highest BCUT2D eigenvalue weighted by atomic mass is 16.7. The lowest BCUT2D eigenvalue weighted by atomic mass is 9.97. The number of rotatable bonds is 10. The molecule has 3 fully saturated rings. The maximum atomic E-state index is 11.0. The van der Waals surface area contributed by atoms with Crippen LogP contribution in [0.3, 0.4) is 0 Å². The zero-order chi connectivity index (χ0) is 30.1. The summed E-state index contributed by atoms with van der Waals surface area (Å²) in [4.78, 5) is 0. The van der Waals surface area contributed by atoms with Gasteiger partial charge >= 0.3 is 0 Å². The van der Waals surface area contributed by atoms with Gasteiger partial charge < -0.3 is 79.5 Å². The Kier molecular flexibility index (Phi) is 10.4. The molecule has 0 unspecified atom stereocenters. The molecule has 16 nitrogen and oxygen atoms in total. The van der Waals surface area contributed by atoms with Gasteiger partial charge in [-0.15, -0.1) is 0 Å². The lowest BCUT2D eigenvalue weighted by Gasteiger charge is -2.46. The minimum atomic E-state index is -1.95. The number of ether oxygens (including phenoxy) is 6. The summed E-state index contributed by atoms with van der Waals surface area (Å²) >= 11 is 0. The number of phenolic OH excluding ortho intramolecular Hbond substituents is 2. The highest BCUT2D eigenvalue weighted by Crippen LogP contribution is 2.32. The normalized spacial score (nSPS) is 43.3. The number of aliphatic hydroxyl groups excluding tert-OH is 7. The van der Waals surface area contributed by atoms with E-state index >= 15 is 0 Å². The molecule has 0 saturated carbocycles. The van der Waals surface area contributed by atoms with Crippen LogP contribution in [0.25, 0.3) is 0 Å². The molecule has 0 aliphatic carbocycles.